The van der Waals surface area contributed by atoms with Crippen LogP contribution in [0.4, 0.5) is 0 Å². The number of ether oxygens (including phenoxy) is 2. The number of furan rings is 1. The normalized spacial score (nSPS) is 11.2. The van der Waals surface area contributed by atoms with Crippen molar-refractivity contribution in [3.8, 4) is 11.5 Å². The van der Waals surface area contributed by atoms with E-state index in [1.54, 1.807) is 12.3 Å². The number of fused-ring (bicyclic) bond motifs is 1. The molecule has 0 saturated heterocycles. The third-order valence-corrected chi connectivity index (χ3v) is 7.14. The summed E-state index contributed by atoms with van der Waals surface area (Å²) >= 11 is 12.5. The average Bonchev–Trinajstić information content (AvgIpc) is 3.24. The second-order valence-electron chi connectivity index (χ2n) is 7.29. The molecule has 3 aromatic carbocycles. The van der Waals surface area contributed by atoms with Crippen LogP contribution in [0, 0.1) is 3.57 Å². The first-order valence-electron chi connectivity index (χ1n) is 10.4. The molecule has 4 rings (SSSR count). The Morgan fingerprint density at radius 3 is 2.57 bits per heavy atom. The van der Waals surface area contributed by atoms with Crippen LogP contribution in [0.2, 0.25) is 0 Å². The number of carbonyl (C=O) groups is 1. The minimum absolute atomic E-state index is 0.164. The van der Waals surface area contributed by atoms with Crippen LogP contribution >= 0.6 is 70.4 Å². The SMILES string of the molecule is CCOc1cc(/C=N\NC(=O)c2cc3cc(Br)cc(Br)c3o2)cc(I)c1OCc1ccc(Br)cc1. The van der Waals surface area contributed by atoms with Crippen molar-refractivity contribution in [3.05, 3.63) is 88.5 Å². The molecule has 35 heavy (non-hydrogen) atoms. The van der Waals surface area contributed by atoms with Gasteiger partial charge in [-0.25, -0.2) is 5.43 Å². The Bertz CT molecular complexity index is 1400. The van der Waals surface area contributed by atoms with Gasteiger partial charge in [0.25, 0.3) is 0 Å². The molecule has 0 aliphatic carbocycles. The minimum Gasteiger partial charge on any atom is -0.490 e. The van der Waals surface area contributed by atoms with E-state index in [1.807, 2.05) is 55.5 Å². The number of amides is 1. The molecule has 4 aromatic rings. The van der Waals surface area contributed by atoms with Gasteiger partial charge in [0.05, 0.1) is 20.9 Å². The second-order valence-corrected chi connectivity index (χ2v) is 11.1. The fraction of sp³-hybridized carbons (Fsp3) is 0.120. The quantitative estimate of drug-likeness (QED) is 0.112. The molecule has 0 aliphatic rings. The Morgan fingerprint density at radius 1 is 1.06 bits per heavy atom. The molecule has 180 valence electrons. The Kier molecular flexibility index (Phi) is 8.90. The van der Waals surface area contributed by atoms with Crippen molar-refractivity contribution >= 4 is 93.5 Å². The number of hydrogen-bond acceptors (Lipinski definition) is 5. The highest BCUT2D eigenvalue weighted by Gasteiger charge is 2.15. The van der Waals surface area contributed by atoms with Crippen LogP contribution in [0.1, 0.15) is 28.6 Å². The predicted octanol–water partition coefficient (Wildman–Crippen LogP) is 8.07. The summed E-state index contributed by atoms with van der Waals surface area (Å²) in [5, 5.41) is 4.89. The van der Waals surface area contributed by atoms with E-state index < -0.39 is 5.91 Å². The Hall–Kier alpha value is -1.89. The smallest absolute Gasteiger partial charge is 0.307 e. The Balaban J connectivity index is 1.47. The molecule has 0 aliphatic heterocycles. The largest absolute Gasteiger partial charge is 0.490 e. The summed E-state index contributed by atoms with van der Waals surface area (Å²) in [6.45, 7) is 2.81. The molecular formula is C25H18Br3IN2O4. The first-order chi connectivity index (χ1) is 16.8. The molecular weight excluding hydrogens is 759 g/mol. The van der Waals surface area contributed by atoms with Crippen LogP contribution in [0.5, 0.6) is 11.5 Å². The number of hydrazone groups is 1. The minimum atomic E-state index is -0.449. The summed E-state index contributed by atoms with van der Waals surface area (Å²) in [6, 6.07) is 17.1. The van der Waals surface area contributed by atoms with Gasteiger partial charge in [-0.3, -0.25) is 4.79 Å². The van der Waals surface area contributed by atoms with E-state index in [1.165, 1.54) is 0 Å². The first kappa shape index (κ1) is 26.2. The van der Waals surface area contributed by atoms with Crippen LogP contribution in [-0.2, 0) is 6.61 Å². The number of rotatable bonds is 8. The zero-order valence-electron chi connectivity index (χ0n) is 18.3. The maximum absolute atomic E-state index is 12.5. The molecule has 1 aromatic heterocycles. The lowest BCUT2D eigenvalue weighted by molar-refractivity contribution is 0.0929. The molecule has 0 spiro atoms. The summed E-state index contributed by atoms with van der Waals surface area (Å²) in [7, 11) is 0. The summed E-state index contributed by atoms with van der Waals surface area (Å²) in [6.07, 6.45) is 1.55. The van der Waals surface area contributed by atoms with Gasteiger partial charge in [0, 0.05) is 14.3 Å². The molecule has 0 radical (unpaired) electrons. The number of benzene rings is 3. The number of carbonyl (C=O) groups excluding carboxylic acids is 1. The van der Waals surface area contributed by atoms with E-state index in [0.29, 0.717) is 30.3 Å². The van der Waals surface area contributed by atoms with Crippen molar-refractivity contribution in [2.24, 2.45) is 5.10 Å². The van der Waals surface area contributed by atoms with E-state index in [-0.39, 0.29) is 5.76 Å². The van der Waals surface area contributed by atoms with Crippen LogP contribution in [0.25, 0.3) is 11.0 Å². The van der Waals surface area contributed by atoms with Gasteiger partial charge in [0.1, 0.15) is 12.2 Å². The lowest BCUT2D eigenvalue weighted by Gasteiger charge is -2.14. The van der Waals surface area contributed by atoms with Gasteiger partial charge in [-0.2, -0.15) is 5.10 Å². The molecule has 0 atom stereocenters. The molecule has 1 heterocycles. The fourth-order valence-corrected chi connectivity index (χ4v) is 5.59. The van der Waals surface area contributed by atoms with Crippen molar-refractivity contribution in [2.45, 2.75) is 13.5 Å². The highest BCUT2D eigenvalue weighted by molar-refractivity contribution is 14.1. The number of hydrogen-bond donors (Lipinski definition) is 1. The maximum Gasteiger partial charge on any atom is 0.307 e. The van der Waals surface area contributed by atoms with Gasteiger partial charge in [0.2, 0.25) is 0 Å². The standard InChI is InChI=1S/C25H18Br3IN2O4/c1-2-33-21-8-15(7-20(29)24(21)34-13-14-3-5-17(26)6-4-14)12-30-31-25(32)22-10-16-9-18(27)11-19(28)23(16)35-22/h3-12H,2,13H2,1H3,(H,31,32)/b30-12-. The van der Waals surface area contributed by atoms with Gasteiger partial charge in [0.15, 0.2) is 17.3 Å². The monoisotopic (exact) mass is 774 g/mol. The molecule has 1 N–H and O–H groups in total. The number of nitrogens with one attached hydrogen (secondary N) is 1. The fourth-order valence-electron chi connectivity index (χ4n) is 3.21. The van der Waals surface area contributed by atoms with E-state index in [0.717, 1.165) is 33.5 Å². The Morgan fingerprint density at radius 2 is 1.83 bits per heavy atom. The van der Waals surface area contributed by atoms with Crippen molar-refractivity contribution in [1.29, 1.82) is 0 Å². The number of nitrogens with zero attached hydrogens (tertiary/aromatic N) is 1. The molecule has 0 bridgehead atoms. The lowest BCUT2D eigenvalue weighted by Crippen LogP contribution is -2.16. The highest BCUT2D eigenvalue weighted by atomic mass is 127. The summed E-state index contributed by atoms with van der Waals surface area (Å²) in [5.74, 6) is 0.986. The summed E-state index contributed by atoms with van der Waals surface area (Å²) in [4.78, 5) is 12.5. The van der Waals surface area contributed by atoms with E-state index in [9.17, 15) is 4.79 Å². The van der Waals surface area contributed by atoms with Gasteiger partial charge in [-0.05, 0) is 99.0 Å². The molecule has 0 saturated carbocycles. The van der Waals surface area contributed by atoms with Gasteiger partial charge >= 0.3 is 5.91 Å². The maximum atomic E-state index is 12.5. The average molecular weight is 777 g/mol. The highest BCUT2D eigenvalue weighted by Crippen LogP contribution is 2.35. The van der Waals surface area contributed by atoms with Gasteiger partial charge in [-0.15, -0.1) is 0 Å². The molecule has 1 amide bonds. The zero-order valence-corrected chi connectivity index (χ0v) is 25.2. The molecule has 0 fully saturated rings. The zero-order chi connectivity index (χ0) is 24.9. The van der Waals surface area contributed by atoms with E-state index >= 15 is 0 Å². The topological polar surface area (TPSA) is 73.1 Å². The van der Waals surface area contributed by atoms with E-state index in [2.05, 4.69) is 80.9 Å². The van der Waals surface area contributed by atoms with Crippen molar-refractivity contribution < 1.29 is 18.7 Å². The summed E-state index contributed by atoms with van der Waals surface area (Å²) < 4.78 is 21.1. The van der Waals surface area contributed by atoms with Crippen LogP contribution in [-0.4, -0.2) is 18.7 Å². The van der Waals surface area contributed by atoms with E-state index in [4.69, 9.17) is 13.9 Å². The second kappa shape index (κ2) is 11.9. The van der Waals surface area contributed by atoms with Crippen molar-refractivity contribution in [3.63, 3.8) is 0 Å². The third-order valence-electron chi connectivity index (χ3n) is 4.77. The van der Waals surface area contributed by atoms with Gasteiger partial charge in [-0.1, -0.05) is 44.0 Å². The lowest BCUT2D eigenvalue weighted by atomic mass is 10.2. The van der Waals surface area contributed by atoms with Crippen molar-refractivity contribution in [1.82, 2.24) is 5.43 Å². The molecule has 6 nitrogen and oxygen atoms in total. The molecule has 10 heteroatoms. The predicted molar refractivity (Wildman–Crippen MR) is 155 cm³/mol. The first-order valence-corrected chi connectivity index (χ1v) is 13.9. The van der Waals surface area contributed by atoms with Crippen LogP contribution < -0.4 is 14.9 Å². The molecule has 0 unspecified atom stereocenters. The van der Waals surface area contributed by atoms with Crippen molar-refractivity contribution in [2.75, 3.05) is 6.61 Å². The van der Waals surface area contributed by atoms with Crippen LogP contribution in [0.15, 0.2) is 77.5 Å². The van der Waals surface area contributed by atoms with Gasteiger partial charge < -0.3 is 13.9 Å². The number of halogens is 4. The summed E-state index contributed by atoms with van der Waals surface area (Å²) in [5.41, 5.74) is 4.91. The third kappa shape index (κ3) is 6.66. The van der Waals surface area contributed by atoms with Crippen LogP contribution in [0.3, 0.4) is 0 Å². The Labute approximate surface area is 241 Å².